The van der Waals surface area contributed by atoms with Crippen molar-refractivity contribution in [3.8, 4) is 0 Å². The average Bonchev–Trinajstić information content (AvgIpc) is 2.64. The molecule has 0 aliphatic carbocycles. The summed E-state index contributed by atoms with van der Waals surface area (Å²) in [4.78, 5) is 2.26. The van der Waals surface area contributed by atoms with Crippen LogP contribution in [0, 0.1) is 0 Å². The zero-order valence-corrected chi connectivity index (χ0v) is 12.2. The fraction of sp³-hybridized carbons (Fsp3) is 0.625. The minimum Gasteiger partial charge on any atom is -0.389 e. The van der Waals surface area contributed by atoms with Crippen molar-refractivity contribution in [2.45, 2.75) is 32.2 Å². The third kappa shape index (κ3) is 5.59. The van der Waals surface area contributed by atoms with Crippen LogP contribution in [0.4, 0.5) is 0 Å². The lowest BCUT2D eigenvalue weighted by Crippen LogP contribution is -2.38. The molecule has 1 aromatic rings. The second kappa shape index (κ2) is 8.37. The zero-order chi connectivity index (χ0) is 14.2. The van der Waals surface area contributed by atoms with Gasteiger partial charge in [-0.2, -0.15) is 0 Å². The summed E-state index contributed by atoms with van der Waals surface area (Å²) in [5, 5.41) is 10.1. The number of hydrogen-bond acceptors (Lipinski definition) is 4. The van der Waals surface area contributed by atoms with Gasteiger partial charge in [-0.05, 0) is 18.9 Å². The summed E-state index contributed by atoms with van der Waals surface area (Å²) in [6.07, 6.45) is 0.834. The standard InChI is InChI=1S/C16H25NO3/c1-14-10-17(8-5-9-20-14)11-16(18)13-19-12-15-6-3-2-4-7-15/h2-4,6-7,14,16,18H,5,8-13H2,1H3. The lowest BCUT2D eigenvalue weighted by Gasteiger charge is -2.24. The summed E-state index contributed by atoms with van der Waals surface area (Å²) < 4.78 is 11.2. The number of benzene rings is 1. The lowest BCUT2D eigenvalue weighted by atomic mass is 10.2. The molecule has 2 unspecified atom stereocenters. The molecule has 0 radical (unpaired) electrons. The summed E-state index contributed by atoms with van der Waals surface area (Å²) in [7, 11) is 0. The topological polar surface area (TPSA) is 41.9 Å². The van der Waals surface area contributed by atoms with E-state index in [0.717, 1.165) is 31.7 Å². The first-order chi connectivity index (χ1) is 9.74. The summed E-state index contributed by atoms with van der Waals surface area (Å²) in [5.41, 5.74) is 1.14. The van der Waals surface area contributed by atoms with Crippen molar-refractivity contribution in [2.24, 2.45) is 0 Å². The normalized spacial score (nSPS) is 22.4. The van der Waals surface area contributed by atoms with Gasteiger partial charge in [-0.3, -0.25) is 4.90 Å². The Kier molecular flexibility index (Phi) is 6.47. The van der Waals surface area contributed by atoms with Gasteiger partial charge in [0.2, 0.25) is 0 Å². The van der Waals surface area contributed by atoms with E-state index >= 15 is 0 Å². The highest BCUT2D eigenvalue weighted by Crippen LogP contribution is 2.07. The maximum Gasteiger partial charge on any atom is 0.0900 e. The fourth-order valence-electron chi connectivity index (χ4n) is 2.48. The average molecular weight is 279 g/mol. The number of nitrogens with zero attached hydrogens (tertiary/aromatic N) is 1. The molecule has 4 heteroatoms. The van der Waals surface area contributed by atoms with E-state index in [9.17, 15) is 5.11 Å². The molecule has 1 N–H and O–H groups in total. The van der Waals surface area contributed by atoms with Crippen LogP contribution in [0.1, 0.15) is 18.9 Å². The predicted octanol–water partition coefficient (Wildman–Crippen LogP) is 1.67. The van der Waals surface area contributed by atoms with Gasteiger partial charge in [0.15, 0.2) is 0 Å². The Morgan fingerprint density at radius 2 is 2.20 bits per heavy atom. The van der Waals surface area contributed by atoms with Gasteiger partial charge in [0, 0.05) is 26.2 Å². The van der Waals surface area contributed by atoms with E-state index < -0.39 is 6.10 Å². The fourth-order valence-corrected chi connectivity index (χ4v) is 2.48. The molecule has 1 aromatic carbocycles. The van der Waals surface area contributed by atoms with Gasteiger partial charge in [-0.1, -0.05) is 30.3 Å². The van der Waals surface area contributed by atoms with E-state index in [1.165, 1.54) is 0 Å². The molecule has 0 spiro atoms. The number of aliphatic hydroxyl groups is 1. The Morgan fingerprint density at radius 1 is 1.40 bits per heavy atom. The number of aliphatic hydroxyl groups excluding tert-OH is 1. The van der Waals surface area contributed by atoms with Crippen LogP contribution < -0.4 is 0 Å². The Labute approximate surface area is 121 Å². The Hall–Kier alpha value is -0.940. The van der Waals surface area contributed by atoms with Crippen molar-refractivity contribution >= 4 is 0 Å². The van der Waals surface area contributed by atoms with Crippen LogP contribution in [0.2, 0.25) is 0 Å². The van der Waals surface area contributed by atoms with Gasteiger partial charge in [0.25, 0.3) is 0 Å². The highest BCUT2D eigenvalue weighted by molar-refractivity contribution is 5.13. The van der Waals surface area contributed by atoms with E-state index in [0.29, 0.717) is 19.8 Å². The van der Waals surface area contributed by atoms with E-state index in [4.69, 9.17) is 9.47 Å². The Balaban J connectivity index is 1.65. The first-order valence-corrected chi connectivity index (χ1v) is 7.37. The molecule has 0 amide bonds. The highest BCUT2D eigenvalue weighted by atomic mass is 16.5. The van der Waals surface area contributed by atoms with Gasteiger partial charge < -0.3 is 14.6 Å². The quantitative estimate of drug-likeness (QED) is 0.860. The van der Waals surface area contributed by atoms with Crippen molar-refractivity contribution in [1.82, 2.24) is 4.90 Å². The largest absolute Gasteiger partial charge is 0.389 e. The summed E-state index contributed by atoms with van der Waals surface area (Å²) in [6.45, 7) is 6.35. The molecule has 112 valence electrons. The highest BCUT2D eigenvalue weighted by Gasteiger charge is 2.17. The minimum atomic E-state index is -0.441. The SMILES string of the molecule is CC1CN(CC(O)COCc2ccccc2)CCCO1. The molecule has 1 aliphatic rings. The summed E-state index contributed by atoms with van der Waals surface area (Å²) in [5.74, 6) is 0. The number of ether oxygens (including phenoxy) is 2. The minimum absolute atomic E-state index is 0.245. The van der Waals surface area contributed by atoms with Crippen LogP contribution in [-0.4, -0.2) is 55.1 Å². The van der Waals surface area contributed by atoms with Gasteiger partial charge in [-0.15, -0.1) is 0 Å². The molecule has 20 heavy (non-hydrogen) atoms. The van der Waals surface area contributed by atoms with E-state index in [1.54, 1.807) is 0 Å². The molecule has 4 nitrogen and oxygen atoms in total. The van der Waals surface area contributed by atoms with Gasteiger partial charge in [-0.25, -0.2) is 0 Å². The Bertz CT molecular complexity index is 371. The monoisotopic (exact) mass is 279 g/mol. The molecule has 1 saturated heterocycles. The summed E-state index contributed by atoms with van der Waals surface area (Å²) in [6, 6.07) is 10.0. The Morgan fingerprint density at radius 3 is 3.00 bits per heavy atom. The lowest BCUT2D eigenvalue weighted by molar-refractivity contribution is 0.00477. The van der Waals surface area contributed by atoms with Crippen LogP contribution >= 0.6 is 0 Å². The zero-order valence-electron chi connectivity index (χ0n) is 12.2. The molecule has 0 bridgehead atoms. The second-order valence-electron chi connectivity index (χ2n) is 5.45. The molecule has 2 atom stereocenters. The molecule has 0 aromatic heterocycles. The van der Waals surface area contributed by atoms with Crippen molar-refractivity contribution in [2.75, 3.05) is 32.8 Å². The number of hydrogen-bond donors (Lipinski definition) is 1. The smallest absolute Gasteiger partial charge is 0.0900 e. The van der Waals surface area contributed by atoms with Gasteiger partial charge in [0.05, 0.1) is 25.4 Å². The maximum absolute atomic E-state index is 10.1. The molecule has 2 rings (SSSR count). The number of rotatable bonds is 6. The molecular weight excluding hydrogens is 254 g/mol. The third-order valence-corrected chi connectivity index (χ3v) is 3.43. The van der Waals surface area contributed by atoms with Crippen LogP contribution in [0.3, 0.4) is 0 Å². The first-order valence-electron chi connectivity index (χ1n) is 7.37. The first kappa shape index (κ1) is 15.4. The molecule has 0 saturated carbocycles. The van der Waals surface area contributed by atoms with E-state index in [2.05, 4.69) is 11.8 Å². The maximum atomic E-state index is 10.1. The van der Waals surface area contributed by atoms with Gasteiger partial charge in [0.1, 0.15) is 0 Å². The summed E-state index contributed by atoms with van der Waals surface area (Å²) >= 11 is 0. The number of β-amino-alcohol motifs (C(OH)–C–C–N with tert-alkyl or cyclic N) is 1. The van der Waals surface area contributed by atoms with E-state index in [1.807, 2.05) is 30.3 Å². The third-order valence-electron chi connectivity index (χ3n) is 3.43. The van der Waals surface area contributed by atoms with Crippen molar-refractivity contribution < 1.29 is 14.6 Å². The molecule has 1 fully saturated rings. The van der Waals surface area contributed by atoms with Crippen molar-refractivity contribution in [3.63, 3.8) is 0 Å². The molecular formula is C16H25NO3. The van der Waals surface area contributed by atoms with Crippen molar-refractivity contribution in [3.05, 3.63) is 35.9 Å². The van der Waals surface area contributed by atoms with Crippen molar-refractivity contribution in [1.29, 1.82) is 0 Å². The second-order valence-corrected chi connectivity index (χ2v) is 5.45. The molecule has 1 heterocycles. The van der Waals surface area contributed by atoms with Crippen LogP contribution in [0.15, 0.2) is 30.3 Å². The predicted molar refractivity (Wildman–Crippen MR) is 78.6 cm³/mol. The molecule has 1 aliphatic heterocycles. The van der Waals surface area contributed by atoms with Crippen LogP contribution in [-0.2, 0) is 16.1 Å². The van der Waals surface area contributed by atoms with Crippen LogP contribution in [0.25, 0.3) is 0 Å². The van der Waals surface area contributed by atoms with Crippen LogP contribution in [0.5, 0.6) is 0 Å². The van der Waals surface area contributed by atoms with Gasteiger partial charge >= 0.3 is 0 Å². The van der Waals surface area contributed by atoms with E-state index in [-0.39, 0.29) is 6.10 Å².